The van der Waals surface area contributed by atoms with Crippen LogP contribution in [0.25, 0.3) is 0 Å². The molecule has 9 heteroatoms. The van der Waals surface area contributed by atoms with E-state index in [1.807, 2.05) is 78.9 Å². The van der Waals surface area contributed by atoms with Crippen LogP contribution in [0.15, 0.2) is 96.2 Å². The van der Waals surface area contributed by atoms with Gasteiger partial charge in [-0.25, -0.2) is 8.42 Å². The third-order valence-electron chi connectivity index (χ3n) is 7.00. The molecular formula is C30H33N3O5S. The Morgan fingerprint density at radius 1 is 0.795 bits per heavy atom. The Morgan fingerprint density at radius 3 is 1.90 bits per heavy atom. The second-order valence-corrected chi connectivity index (χ2v) is 11.5. The molecule has 0 amide bonds. The normalized spacial score (nSPS) is 17.1. The summed E-state index contributed by atoms with van der Waals surface area (Å²) >= 11 is 0. The summed E-state index contributed by atoms with van der Waals surface area (Å²) in [5, 5.41) is 4.55. The first-order valence-corrected chi connectivity index (χ1v) is 14.4. The molecule has 5 rings (SSSR count). The van der Waals surface area contributed by atoms with Gasteiger partial charge in [-0.15, -0.1) is 0 Å². The molecule has 4 aromatic rings. The van der Waals surface area contributed by atoms with Crippen molar-refractivity contribution < 1.29 is 22.6 Å². The van der Waals surface area contributed by atoms with E-state index in [2.05, 4.69) is 5.10 Å². The molecule has 8 nitrogen and oxygen atoms in total. The van der Waals surface area contributed by atoms with Crippen LogP contribution >= 0.6 is 0 Å². The Morgan fingerprint density at radius 2 is 1.36 bits per heavy atom. The molecule has 0 N–H and O–H groups in total. The quantitative estimate of drug-likeness (QED) is 0.242. The van der Waals surface area contributed by atoms with Crippen LogP contribution in [-0.4, -0.2) is 42.8 Å². The number of sulfonamides is 1. The smallest absolute Gasteiger partial charge is 0.262 e. The number of methoxy groups -OCH3 is 2. The highest BCUT2D eigenvalue weighted by molar-refractivity contribution is 7.89. The molecule has 1 fully saturated rings. The van der Waals surface area contributed by atoms with Crippen LogP contribution in [0, 0.1) is 0 Å². The van der Waals surface area contributed by atoms with Gasteiger partial charge in [-0.05, 0) is 59.9 Å². The molecule has 0 bridgehead atoms. The molecule has 39 heavy (non-hydrogen) atoms. The lowest BCUT2D eigenvalue weighted by Crippen LogP contribution is -2.34. The van der Waals surface area contributed by atoms with E-state index in [-0.39, 0.29) is 30.3 Å². The average Bonchev–Trinajstić information content (AvgIpc) is 3.44. The molecule has 3 aromatic carbocycles. The van der Waals surface area contributed by atoms with Crippen LogP contribution < -0.4 is 9.47 Å². The molecule has 1 heterocycles. The second-order valence-electron chi connectivity index (χ2n) is 9.65. The fraction of sp³-hybridized carbons (Fsp3) is 0.300. The maximum Gasteiger partial charge on any atom is 0.262 e. The number of benzene rings is 3. The van der Waals surface area contributed by atoms with Gasteiger partial charge in [0.2, 0.25) is 0 Å². The van der Waals surface area contributed by atoms with Gasteiger partial charge >= 0.3 is 0 Å². The van der Waals surface area contributed by atoms with E-state index in [9.17, 15) is 8.42 Å². The minimum Gasteiger partial charge on any atom is -0.497 e. The van der Waals surface area contributed by atoms with Gasteiger partial charge in [-0.2, -0.15) is 9.40 Å². The minimum absolute atomic E-state index is 0.0400. The zero-order valence-corrected chi connectivity index (χ0v) is 23.0. The van der Waals surface area contributed by atoms with Crippen LogP contribution in [0.1, 0.15) is 35.6 Å². The van der Waals surface area contributed by atoms with E-state index in [1.165, 1.54) is 4.31 Å². The van der Waals surface area contributed by atoms with Crippen molar-refractivity contribution in [1.29, 1.82) is 0 Å². The van der Waals surface area contributed by atoms with E-state index in [4.69, 9.17) is 14.2 Å². The topological polar surface area (TPSA) is 82.9 Å². The van der Waals surface area contributed by atoms with E-state index in [0.29, 0.717) is 18.1 Å². The summed E-state index contributed by atoms with van der Waals surface area (Å²) in [7, 11) is -0.672. The Balaban J connectivity index is 1.29. The van der Waals surface area contributed by atoms with Crippen molar-refractivity contribution in [3.05, 3.63) is 108 Å². The summed E-state index contributed by atoms with van der Waals surface area (Å²) in [5.41, 5.74) is 2.84. The first-order valence-electron chi connectivity index (χ1n) is 12.9. The standard InChI is InChI=1S/C30H33N3O5S/c1-36-27-12-8-23(9-13-27)20-32(21-24-10-14-28(37-2)15-11-24)39(34,35)30-16-17-33(31-30)26-18-29(19-26)38-22-25-6-4-3-5-7-25/h3-17,26,29H,18-22H2,1-2H3. The molecular weight excluding hydrogens is 514 g/mol. The first kappa shape index (κ1) is 26.9. The van der Waals surface area contributed by atoms with Crippen molar-refractivity contribution in [3.8, 4) is 11.5 Å². The fourth-order valence-corrected chi connectivity index (χ4v) is 5.90. The summed E-state index contributed by atoms with van der Waals surface area (Å²) in [6, 6.07) is 26.6. The van der Waals surface area contributed by atoms with Crippen molar-refractivity contribution >= 4 is 10.0 Å². The third-order valence-corrected chi connectivity index (χ3v) is 8.68. The highest BCUT2D eigenvalue weighted by Crippen LogP contribution is 2.35. The molecule has 0 unspecified atom stereocenters. The van der Waals surface area contributed by atoms with Crippen molar-refractivity contribution in [2.75, 3.05) is 14.2 Å². The molecule has 0 spiro atoms. The van der Waals surface area contributed by atoms with E-state index in [0.717, 1.165) is 29.5 Å². The summed E-state index contributed by atoms with van der Waals surface area (Å²) in [4.78, 5) is 0. The van der Waals surface area contributed by atoms with Gasteiger partial charge in [-0.3, -0.25) is 4.68 Å². The van der Waals surface area contributed by atoms with Crippen LogP contribution in [-0.2, 0) is 34.5 Å². The molecule has 0 aliphatic heterocycles. The highest BCUT2D eigenvalue weighted by atomic mass is 32.2. The molecule has 1 aliphatic rings. The Labute approximate surface area is 229 Å². The number of rotatable bonds is 12. The van der Waals surface area contributed by atoms with Gasteiger partial charge in [-0.1, -0.05) is 54.6 Å². The lowest BCUT2D eigenvalue weighted by atomic mass is 9.89. The maximum absolute atomic E-state index is 13.8. The number of hydrogen-bond acceptors (Lipinski definition) is 6. The molecule has 1 saturated carbocycles. The lowest BCUT2D eigenvalue weighted by Gasteiger charge is -2.35. The highest BCUT2D eigenvalue weighted by Gasteiger charge is 2.34. The number of aromatic nitrogens is 2. The van der Waals surface area contributed by atoms with Crippen molar-refractivity contribution in [2.24, 2.45) is 0 Å². The Hall–Kier alpha value is -3.66. The van der Waals surface area contributed by atoms with Gasteiger partial charge in [0.05, 0.1) is 33.0 Å². The number of ether oxygens (including phenoxy) is 3. The van der Waals surface area contributed by atoms with Gasteiger partial charge in [0.15, 0.2) is 5.03 Å². The van der Waals surface area contributed by atoms with Gasteiger partial charge in [0.25, 0.3) is 10.0 Å². The summed E-state index contributed by atoms with van der Waals surface area (Å²) < 4.78 is 47.4. The molecule has 204 valence electrons. The van der Waals surface area contributed by atoms with E-state index >= 15 is 0 Å². The first-order chi connectivity index (χ1) is 18.9. The fourth-order valence-electron chi connectivity index (χ4n) is 4.57. The van der Waals surface area contributed by atoms with E-state index in [1.54, 1.807) is 31.2 Å². The summed E-state index contributed by atoms with van der Waals surface area (Å²) in [6.07, 6.45) is 3.50. The molecule has 1 aromatic heterocycles. The van der Waals surface area contributed by atoms with Gasteiger partial charge < -0.3 is 14.2 Å². The summed E-state index contributed by atoms with van der Waals surface area (Å²) in [6.45, 7) is 0.969. The summed E-state index contributed by atoms with van der Waals surface area (Å²) in [5.74, 6) is 1.43. The van der Waals surface area contributed by atoms with Crippen molar-refractivity contribution in [1.82, 2.24) is 14.1 Å². The van der Waals surface area contributed by atoms with Crippen molar-refractivity contribution in [2.45, 2.75) is 49.7 Å². The van der Waals surface area contributed by atoms with Crippen LogP contribution in [0.3, 0.4) is 0 Å². The maximum atomic E-state index is 13.8. The lowest BCUT2D eigenvalue weighted by molar-refractivity contribution is -0.0386. The largest absolute Gasteiger partial charge is 0.497 e. The second kappa shape index (κ2) is 12.0. The van der Waals surface area contributed by atoms with E-state index < -0.39 is 10.0 Å². The van der Waals surface area contributed by atoms with Crippen molar-refractivity contribution in [3.63, 3.8) is 0 Å². The SMILES string of the molecule is COc1ccc(CN(Cc2ccc(OC)cc2)S(=O)(=O)c2ccn(C3CC(OCc4ccccc4)C3)n2)cc1. The zero-order chi connectivity index (χ0) is 27.2. The third kappa shape index (κ3) is 6.50. The Kier molecular flexibility index (Phi) is 8.30. The van der Waals surface area contributed by atoms with Crippen LogP contribution in [0.2, 0.25) is 0 Å². The molecule has 0 radical (unpaired) electrons. The van der Waals surface area contributed by atoms with Crippen LogP contribution in [0.4, 0.5) is 0 Å². The van der Waals surface area contributed by atoms with Crippen LogP contribution in [0.5, 0.6) is 11.5 Å². The number of nitrogens with zero attached hydrogens (tertiary/aromatic N) is 3. The molecule has 0 saturated heterocycles. The van der Waals surface area contributed by atoms with Gasteiger partial charge in [0, 0.05) is 19.3 Å². The minimum atomic E-state index is -3.88. The monoisotopic (exact) mass is 547 g/mol. The molecule has 0 atom stereocenters. The predicted octanol–water partition coefficient (Wildman–Crippen LogP) is 5.21. The predicted molar refractivity (Wildman–Crippen MR) is 148 cm³/mol. The number of hydrogen-bond donors (Lipinski definition) is 0. The zero-order valence-electron chi connectivity index (χ0n) is 22.1. The average molecular weight is 548 g/mol. The molecule has 1 aliphatic carbocycles. The Bertz CT molecular complexity index is 1400. The van der Waals surface area contributed by atoms with Gasteiger partial charge in [0.1, 0.15) is 11.5 Å².